The van der Waals surface area contributed by atoms with E-state index in [0.717, 1.165) is 17.7 Å². The summed E-state index contributed by atoms with van der Waals surface area (Å²) in [5.41, 5.74) is 4.95. The molecule has 1 aromatic carbocycles. The lowest BCUT2D eigenvalue weighted by molar-refractivity contribution is 0.179. The highest BCUT2D eigenvalue weighted by Crippen LogP contribution is 2.03. The number of hydrogen-bond donors (Lipinski definition) is 2. The Hall–Kier alpha value is -1.46. The fourth-order valence-corrected chi connectivity index (χ4v) is 1.89. The number of nitrogens with zero attached hydrogens (tertiary/aromatic N) is 1. The number of hydrazone groups is 1. The van der Waals surface area contributed by atoms with Crippen LogP contribution >= 0.6 is 12.2 Å². The third-order valence-electron chi connectivity index (χ3n) is 2.53. The Labute approximate surface area is 120 Å². The van der Waals surface area contributed by atoms with E-state index in [2.05, 4.69) is 22.8 Å². The van der Waals surface area contributed by atoms with E-state index in [-0.39, 0.29) is 6.04 Å². The second-order valence-electron chi connectivity index (χ2n) is 4.22. The van der Waals surface area contributed by atoms with Gasteiger partial charge in [-0.2, -0.15) is 5.10 Å². The molecule has 0 aliphatic carbocycles. The van der Waals surface area contributed by atoms with Crippen LogP contribution in [-0.2, 0) is 4.74 Å². The summed E-state index contributed by atoms with van der Waals surface area (Å²) in [6.45, 7) is 4.67. The zero-order valence-corrected chi connectivity index (χ0v) is 12.5. The van der Waals surface area contributed by atoms with Crippen LogP contribution in [0, 0.1) is 0 Å². The third kappa shape index (κ3) is 5.81. The van der Waals surface area contributed by atoms with Gasteiger partial charge in [-0.3, -0.25) is 5.43 Å². The predicted molar refractivity (Wildman–Crippen MR) is 83.5 cm³/mol. The van der Waals surface area contributed by atoms with E-state index >= 15 is 0 Å². The summed E-state index contributed by atoms with van der Waals surface area (Å²) in [7, 11) is 1.66. The van der Waals surface area contributed by atoms with Gasteiger partial charge in [0.05, 0.1) is 12.3 Å². The fourth-order valence-electron chi connectivity index (χ4n) is 1.64. The van der Waals surface area contributed by atoms with Crippen LogP contribution in [0.3, 0.4) is 0 Å². The normalized spacial score (nSPS) is 12.9. The van der Waals surface area contributed by atoms with Crippen molar-refractivity contribution in [1.29, 1.82) is 0 Å². The number of ether oxygens (including phenoxy) is 1. The van der Waals surface area contributed by atoms with E-state index in [1.165, 1.54) is 0 Å². The van der Waals surface area contributed by atoms with E-state index < -0.39 is 0 Å². The summed E-state index contributed by atoms with van der Waals surface area (Å²) < 4.78 is 5.03. The molecule has 19 heavy (non-hydrogen) atoms. The van der Waals surface area contributed by atoms with Crippen LogP contribution in [0.15, 0.2) is 35.4 Å². The molecule has 1 rings (SSSR count). The van der Waals surface area contributed by atoms with Crippen molar-refractivity contribution < 1.29 is 4.74 Å². The molecule has 104 valence electrons. The van der Waals surface area contributed by atoms with Crippen molar-refractivity contribution in [3.8, 4) is 0 Å². The summed E-state index contributed by atoms with van der Waals surface area (Å²) in [5, 5.41) is 7.95. The highest BCUT2D eigenvalue weighted by atomic mass is 32.1. The quantitative estimate of drug-likeness (QED) is 0.476. The van der Waals surface area contributed by atoms with Crippen LogP contribution in [0.2, 0.25) is 0 Å². The Morgan fingerprint density at radius 1 is 1.37 bits per heavy atom. The van der Waals surface area contributed by atoms with E-state index in [1.807, 2.05) is 37.3 Å². The van der Waals surface area contributed by atoms with Crippen molar-refractivity contribution in [1.82, 2.24) is 10.7 Å². The Kier molecular flexibility index (Phi) is 7.07. The molecule has 0 unspecified atom stereocenters. The molecule has 5 heteroatoms. The number of methoxy groups -OCH3 is 1. The molecule has 0 amide bonds. The lowest BCUT2D eigenvalue weighted by Crippen LogP contribution is -2.40. The fraction of sp³-hybridized carbons (Fsp3) is 0.429. The SMILES string of the molecule is CC/C(=N/NC(=S)N[C@H](C)COC)c1ccccc1. The Morgan fingerprint density at radius 3 is 2.63 bits per heavy atom. The first-order valence-electron chi connectivity index (χ1n) is 6.34. The molecule has 0 aromatic heterocycles. The van der Waals surface area contributed by atoms with Crippen LogP contribution in [0.25, 0.3) is 0 Å². The molecule has 0 fully saturated rings. The number of benzene rings is 1. The van der Waals surface area contributed by atoms with Gasteiger partial charge in [0.15, 0.2) is 5.11 Å². The average Bonchev–Trinajstić information content (AvgIpc) is 2.41. The van der Waals surface area contributed by atoms with Crippen molar-refractivity contribution in [3.63, 3.8) is 0 Å². The van der Waals surface area contributed by atoms with Gasteiger partial charge in [0.1, 0.15) is 0 Å². The number of rotatable bonds is 6. The van der Waals surface area contributed by atoms with Gasteiger partial charge in [0.25, 0.3) is 0 Å². The number of nitrogens with one attached hydrogen (secondary N) is 2. The maximum absolute atomic E-state index is 5.18. The van der Waals surface area contributed by atoms with E-state index in [9.17, 15) is 0 Å². The van der Waals surface area contributed by atoms with Gasteiger partial charge in [-0.05, 0) is 31.1 Å². The molecule has 0 aliphatic heterocycles. The lowest BCUT2D eigenvalue weighted by atomic mass is 10.1. The van der Waals surface area contributed by atoms with Crippen molar-refractivity contribution in [2.45, 2.75) is 26.3 Å². The van der Waals surface area contributed by atoms with E-state index in [4.69, 9.17) is 17.0 Å². The maximum Gasteiger partial charge on any atom is 0.187 e. The summed E-state index contributed by atoms with van der Waals surface area (Å²) >= 11 is 5.18. The molecule has 2 N–H and O–H groups in total. The Morgan fingerprint density at radius 2 is 2.05 bits per heavy atom. The Balaban J connectivity index is 2.56. The van der Waals surface area contributed by atoms with Gasteiger partial charge in [-0.15, -0.1) is 0 Å². The highest BCUT2D eigenvalue weighted by molar-refractivity contribution is 7.80. The van der Waals surface area contributed by atoms with Gasteiger partial charge in [0, 0.05) is 13.2 Å². The minimum Gasteiger partial charge on any atom is -0.383 e. The molecular weight excluding hydrogens is 258 g/mol. The molecule has 0 saturated heterocycles. The second kappa shape index (κ2) is 8.61. The third-order valence-corrected chi connectivity index (χ3v) is 2.74. The van der Waals surface area contributed by atoms with Crippen LogP contribution in [-0.4, -0.2) is 30.6 Å². The molecule has 0 heterocycles. The van der Waals surface area contributed by atoms with Crippen molar-refractivity contribution in [2.75, 3.05) is 13.7 Å². The van der Waals surface area contributed by atoms with Crippen LogP contribution in [0.1, 0.15) is 25.8 Å². The summed E-state index contributed by atoms with van der Waals surface area (Å²) in [6, 6.07) is 10.2. The average molecular weight is 279 g/mol. The van der Waals surface area contributed by atoms with Gasteiger partial charge in [-0.1, -0.05) is 37.3 Å². The first kappa shape index (κ1) is 15.6. The molecule has 4 nitrogen and oxygen atoms in total. The minimum atomic E-state index is 0.155. The number of hydrogen-bond acceptors (Lipinski definition) is 3. The molecule has 0 bridgehead atoms. The van der Waals surface area contributed by atoms with E-state index in [0.29, 0.717) is 11.7 Å². The Bertz CT molecular complexity index is 420. The molecule has 1 aromatic rings. The highest BCUT2D eigenvalue weighted by Gasteiger charge is 2.04. The van der Waals surface area contributed by atoms with E-state index in [1.54, 1.807) is 7.11 Å². The second-order valence-corrected chi connectivity index (χ2v) is 4.63. The molecule has 0 aliphatic rings. The molecular formula is C14H21N3OS. The van der Waals surface area contributed by atoms with Crippen LogP contribution in [0.5, 0.6) is 0 Å². The zero-order chi connectivity index (χ0) is 14.1. The first-order valence-corrected chi connectivity index (χ1v) is 6.75. The summed E-state index contributed by atoms with van der Waals surface area (Å²) in [4.78, 5) is 0. The van der Waals surface area contributed by atoms with Crippen LogP contribution in [0.4, 0.5) is 0 Å². The monoisotopic (exact) mass is 279 g/mol. The van der Waals surface area contributed by atoms with Crippen molar-refractivity contribution in [3.05, 3.63) is 35.9 Å². The topological polar surface area (TPSA) is 45.7 Å². The van der Waals surface area contributed by atoms with Crippen molar-refractivity contribution in [2.24, 2.45) is 5.10 Å². The number of thiocarbonyl (C=S) groups is 1. The minimum absolute atomic E-state index is 0.155. The lowest BCUT2D eigenvalue weighted by Gasteiger charge is -2.14. The van der Waals surface area contributed by atoms with Gasteiger partial charge in [0.2, 0.25) is 0 Å². The molecule has 0 saturated carbocycles. The molecule has 1 atom stereocenters. The summed E-state index contributed by atoms with van der Waals surface area (Å²) in [5.74, 6) is 0. The van der Waals surface area contributed by atoms with Crippen LogP contribution < -0.4 is 10.7 Å². The largest absolute Gasteiger partial charge is 0.383 e. The predicted octanol–water partition coefficient (Wildman–Crippen LogP) is 2.30. The summed E-state index contributed by atoms with van der Waals surface area (Å²) in [6.07, 6.45) is 0.841. The van der Waals surface area contributed by atoms with Gasteiger partial charge >= 0.3 is 0 Å². The molecule has 0 radical (unpaired) electrons. The van der Waals surface area contributed by atoms with Gasteiger partial charge in [-0.25, -0.2) is 0 Å². The standard InChI is InChI=1S/C14H21N3OS/c1-4-13(12-8-6-5-7-9-12)16-17-14(19)15-11(2)10-18-3/h5-9,11H,4,10H2,1-3H3,(H2,15,17,19)/b16-13-/t11-/m1/s1. The zero-order valence-electron chi connectivity index (χ0n) is 11.6. The smallest absolute Gasteiger partial charge is 0.187 e. The maximum atomic E-state index is 5.18. The van der Waals surface area contributed by atoms with Gasteiger partial charge < -0.3 is 10.1 Å². The van der Waals surface area contributed by atoms with Crippen molar-refractivity contribution >= 4 is 23.0 Å². The molecule has 0 spiro atoms. The first-order chi connectivity index (χ1) is 9.17.